The van der Waals surface area contributed by atoms with Crippen molar-refractivity contribution in [2.75, 3.05) is 31.2 Å². The Hall–Kier alpha value is -3.19. The number of nitrogens with one attached hydrogen (secondary N) is 1. The minimum atomic E-state index is -0.157. The summed E-state index contributed by atoms with van der Waals surface area (Å²) in [6.45, 7) is 7.94. The van der Waals surface area contributed by atoms with E-state index < -0.39 is 0 Å². The van der Waals surface area contributed by atoms with Gasteiger partial charge in [0.05, 0.1) is 0 Å². The molecule has 0 spiro atoms. The van der Waals surface area contributed by atoms with E-state index in [2.05, 4.69) is 4.90 Å². The summed E-state index contributed by atoms with van der Waals surface area (Å²) in [5, 5.41) is 40.0. The standard InChI is InChI=1S/C28H31N3O4.Ni/c1-19(2)25-15-22(26(33)16-27(25)34)18-31(28(29)21-4-3-5-24(32)14-21)23-8-6-20(7-9-23)17-30-10-12-35-13-11-30;/h3-9,14-16,19,29,32-34H,10-13,17H2,1-2H3;. The van der Waals surface area contributed by atoms with Crippen LogP contribution in [0.15, 0.2) is 60.7 Å². The molecule has 192 valence electrons. The molecule has 0 radical (unpaired) electrons. The summed E-state index contributed by atoms with van der Waals surface area (Å²) in [7, 11) is 0. The third-order valence-corrected chi connectivity index (χ3v) is 6.69. The molecular formula is C28H31N3NiO4. The number of benzene rings is 3. The Bertz CT molecular complexity index is 1250. The number of hydrogen-bond donors (Lipinski definition) is 4. The van der Waals surface area contributed by atoms with Crippen molar-refractivity contribution in [2.24, 2.45) is 0 Å². The van der Waals surface area contributed by atoms with Crippen molar-refractivity contribution in [3.8, 4) is 17.2 Å². The Morgan fingerprint density at radius 2 is 1.69 bits per heavy atom. The first-order valence-corrected chi connectivity index (χ1v) is 12.4. The molecule has 1 aliphatic rings. The number of amidine groups is 1. The van der Waals surface area contributed by atoms with E-state index in [4.69, 9.17) is 25.2 Å². The number of anilines is 1. The van der Waals surface area contributed by atoms with Crippen molar-refractivity contribution in [2.45, 2.75) is 26.3 Å². The number of nitrogens with zero attached hydrogens (tertiary/aromatic N) is 2. The van der Waals surface area contributed by atoms with Crippen molar-refractivity contribution < 1.29 is 35.1 Å². The molecule has 36 heavy (non-hydrogen) atoms. The van der Waals surface area contributed by atoms with Crippen molar-refractivity contribution >= 4 is 16.1 Å². The Morgan fingerprint density at radius 1 is 1.00 bits per heavy atom. The second-order valence-corrected chi connectivity index (χ2v) is 9.60. The molecule has 1 aliphatic heterocycles. The van der Waals surface area contributed by atoms with Crippen LogP contribution in [0.4, 0.5) is 5.69 Å². The maximum atomic E-state index is 10.7. The first kappa shape index (κ1) is 25.9. The number of phenolic OH excluding ortho intramolecular Hbond substituents is 3. The van der Waals surface area contributed by atoms with Gasteiger partial charge in [-0.15, -0.1) is 0 Å². The van der Waals surface area contributed by atoms with Gasteiger partial charge >= 0.3 is 219 Å². The monoisotopic (exact) mass is 531 g/mol. The number of aromatic hydroxyl groups is 3. The van der Waals surface area contributed by atoms with Gasteiger partial charge in [-0.3, -0.25) is 0 Å². The van der Waals surface area contributed by atoms with Gasteiger partial charge in [-0.05, 0) is 0 Å². The third-order valence-electron chi connectivity index (χ3n) is 6.20. The predicted octanol–water partition coefficient (Wildman–Crippen LogP) is 4.32. The van der Waals surface area contributed by atoms with E-state index >= 15 is 0 Å². The van der Waals surface area contributed by atoms with Gasteiger partial charge in [0, 0.05) is 0 Å². The van der Waals surface area contributed by atoms with Gasteiger partial charge in [0.1, 0.15) is 0 Å². The first-order valence-electron chi connectivity index (χ1n) is 11.9. The number of ether oxygens (including phenoxy) is 1. The molecular weight excluding hydrogens is 501 g/mol. The summed E-state index contributed by atoms with van der Waals surface area (Å²) in [4.78, 5) is 3.92. The summed E-state index contributed by atoms with van der Waals surface area (Å²) in [5.41, 5.74) is 3.28. The van der Waals surface area contributed by atoms with Crippen LogP contribution in [0.3, 0.4) is 0 Å². The molecule has 0 aromatic heterocycles. The van der Waals surface area contributed by atoms with Crippen molar-refractivity contribution in [3.05, 3.63) is 82.9 Å². The Balaban J connectivity index is 1.72. The van der Waals surface area contributed by atoms with Crippen LogP contribution in [0.2, 0.25) is 0 Å². The van der Waals surface area contributed by atoms with Gasteiger partial charge < -0.3 is 0 Å². The van der Waals surface area contributed by atoms with Crippen LogP contribution in [-0.4, -0.2) is 57.0 Å². The van der Waals surface area contributed by atoms with Crippen LogP contribution in [0, 0.1) is 5.41 Å². The van der Waals surface area contributed by atoms with Gasteiger partial charge in [0.15, 0.2) is 0 Å². The van der Waals surface area contributed by atoms with Crippen LogP contribution in [0.1, 0.15) is 42.0 Å². The molecule has 4 rings (SSSR count). The Kier molecular flexibility index (Phi) is 8.09. The van der Waals surface area contributed by atoms with Gasteiger partial charge in [0.25, 0.3) is 0 Å². The van der Waals surface area contributed by atoms with Crippen LogP contribution >= 0.6 is 0 Å². The van der Waals surface area contributed by atoms with E-state index in [1.807, 2.05) is 38.1 Å². The molecule has 0 bridgehead atoms. The van der Waals surface area contributed by atoms with E-state index in [9.17, 15) is 15.3 Å². The molecule has 1 saturated heterocycles. The minimum absolute atomic E-state index is 0.00104. The van der Waals surface area contributed by atoms with E-state index in [1.54, 1.807) is 29.2 Å². The summed E-state index contributed by atoms with van der Waals surface area (Å²) in [6.07, 6.45) is 0. The van der Waals surface area contributed by atoms with Crippen molar-refractivity contribution in [3.63, 3.8) is 0 Å². The quantitative estimate of drug-likeness (QED) is 0.206. The molecule has 0 saturated carbocycles. The molecule has 0 unspecified atom stereocenters. The molecule has 0 amide bonds. The number of phenols is 3. The molecule has 1 fully saturated rings. The van der Waals surface area contributed by atoms with Gasteiger partial charge in [0.2, 0.25) is 0 Å². The van der Waals surface area contributed by atoms with Crippen molar-refractivity contribution in [1.29, 1.82) is 5.41 Å². The van der Waals surface area contributed by atoms with Crippen molar-refractivity contribution in [1.82, 2.24) is 4.90 Å². The van der Waals surface area contributed by atoms with Crippen LogP contribution in [0.5, 0.6) is 17.2 Å². The summed E-state index contributed by atoms with van der Waals surface area (Å²) in [6, 6.07) is 17.3. The average molecular weight is 532 g/mol. The van der Waals surface area contributed by atoms with Crippen LogP contribution in [0.25, 0.3) is 0 Å². The van der Waals surface area contributed by atoms with E-state index in [0.29, 0.717) is 22.4 Å². The van der Waals surface area contributed by atoms with E-state index in [0.717, 1.165) is 38.4 Å². The summed E-state index contributed by atoms with van der Waals surface area (Å²) < 4.78 is 5.69. The zero-order valence-electron chi connectivity index (χ0n) is 20.3. The van der Waals surface area contributed by atoms with E-state index in [1.165, 1.54) is 12.1 Å². The topological polar surface area (TPSA) is 100 Å². The second kappa shape index (κ2) is 11.3. The molecule has 7 nitrogen and oxygen atoms in total. The fourth-order valence-corrected chi connectivity index (χ4v) is 4.64. The Morgan fingerprint density at radius 3 is 2.33 bits per heavy atom. The number of morpholine rings is 1. The number of hydrogen-bond acceptors (Lipinski definition) is 6. The summed E-state index contributed by atoms with van der Waals surface area (Å²) in [5.74, 6) is -0.0404. The van der Waals surface area contributed by atoms with Gasteiger partial charge in [-0.1, -0.05) is 0 Å². The fourth-order valence-electron chi connectivity index (χ4n) is 4.21. The zero-order valence-corrected chi connectivity index (χ0v) is 21.3. The first-order chi connectivity index (χ1) is 17.2. The SMILES string of the molecule is CC(C)c1cc([C](=[Ni])N(C(=N)c2cccc(O)c2)c2ccc(CN3CCOCC3)cc2)c(O)cc1O. The molecule has 8 heteroatoms. The van der Waals surface area contributed by atoms with Gasteiger partial charge in [-0.2, -0.15) is 0 Å². The van der Waals surface area contributed by atoms with Crippen LogP contribution in [-0.2, 0) is 26.3 Å². The van der Waals surface area contributed by atoms with E-state index in [-0.39, 0.29) is 33.6 Å². The molecule has 0 aliphatic carbocycles. The predicted molar refractivity (Wildman–Crippen MR) is 138 cm³/mol. The zero-order chi connectivity index (χ0) is 25.8. The molecule has 3 aromatic rings. The van der Waals surface area contributed by atoms with Crippen LogP contribution < -0.4 is 4.90 Å². The fraction of sp³-hybridized carbons (Fsp3) is 0.286. The third kappa shape index (κ3) is 5.78. The Labute approximate surface area is 219 Å². The molecule has 3 aromatic carbocycles. The normalized spacial score (nSPS) is 14.1. The summed E-state index contributed by atoms with van der Waals surface area (Å²) >= 11 is 5.43. The van der Waals surface area contributed by atoms with Gasteiger partial charge in [-0.25, -0.2) is 0 Å². The molecule has 1 heterocycles. The molecule has 0 atom stereocenters. The number of rotatable bonds is 7. The average Bonchev–Trinajstić information content (AvgIpc) is 2.85. The second-order valence-electron chi connectivity index (χ2n) is 9.13. The molecule has 4 N–H and O–H groups in total. The maximum absolute atomic E-state index is 10.7.